The molecule has 118 valence electrons. The highest BCUT2D eigenvalue weighted by Crippen LogP contribution is 2.16. The largest absolute Gasteiger partial charge is 0.508 e. The van der Waals surface area contributed by atoms with Crippen LogP contribution in [0.15, 0.2) is 54.6 Å². The fourth-order valence-electron chi connectivity index (χ4n) is 1.92. The minimum absolute atomic E-state index is 0.0341. The second-order valence-corrected chi connectivity index (χ2v) is 4.78. The fraction of sp³-hybridized carbons (Fsp3) is 0.111. The number of carbonyl (C=O) groups is 2. The molecule has 5 nitrogen and oxygen atoms in total. The molecule has 5 heteroatoms. The number of aldehydes is 1. The van der Waals surface area contributed by atoms with E-state index in [-0.39, 0.29) is 18.9 Å². The zero-order valence-corrected chi connectivity index (χ0v) is 12.4. The van der Waals surface area contributed by atoms with Crippen LogP contribution in [0.2, 0.25) is 0 Å². The van der Waals surface area contributed by atoms with Gasteiger partial charge in [-0.3, -0.25) is 4.79 Å². The lowest BCUT2D eigenvalue weighted by atomic mass is 10.1. The average molecular weight is 311 g/mol. The molecule has 0 aliphatic rings. The number of phenols is 1. The number of benzene rings is 2. The zero-order valence-electron chi connectivity index (χ0n) is 12.4. The normalized spacial score (nSPS) is 10.4. The van der Waals surface area contributed by atoms with Crippen molar-refractivity contribution >= 4 is 18.5 Å². The molecule has 0 fully saturated rings. The lowest BCUT2D eigenvalue weighted by Gasteiger charge is -2.05. The van der Waals surface area contributed by atoms with Gasteiger partial charge < -0.3 is 15.2 Å². The Morgan fingerprint density at radius 3 is 2.65 bits per heavy atom. The first-order valence-corrected chi connectivity index (χ1v) is 7.08. The number of alkyl carbamates (subject to hydrolysis) is 1. The smallest absolute Gasteiger partial charge is 0.407 e. The number of hydrogen-bond donors (Lipinski definition) is 2. The van der Waals surface area contributed by atoms with Crippen molar-refractivity contribution in [3.05, 3.63) is 71.3 Å². The maximum atomic E-state index is 11.5. The molecule has 0 aliphatic carbocycles. The highest BCUT2D eigenvalue weighted by atomic mass is 16.5. The van der Waals surface area contributed by atoms with Crippen LogP contribution in [0.5, 0.6) is 5.75 Å². The van der Waals surface area contributed by atoms with Gasteiger partial charge in [0, 0.05) is 12.1 Å². The SMILES string of the molecule is O=Cc1cc(O)ccc1C=CCNC(=O)OCc1ccccc1. The molecule has 0 saturated carbocycles. The van der Waals surface area contributed by atoms with Gasteiger partial charge in [-0.2, -0.15) is 0 Å². The van der Waals surface area contributed by atoms with E-state index in [0.29, 0.717) is 17.4 Å². The third-order valence-electron chi connectivity index (χ3n) is 3.07. The predicted molar refractivity (Wildman–Crippen MR) is 87.2 cm³/mol. The van der Waals surface area contributed by atoms with Crippen LogP contribution in [0.1, 0.15) is 21.5 Å². The molecule has 0 heterocycles. The van der Waals surface area contributed by atoms with Crippen LogP contribution in [-0.4, -0.2) is 24.0 Å². The van der Waals surface area contributed by atoms with Crippen LogP contribution in [0.25, 0.3) is 6.08 Å². The van der Waals surface area contributed by atoms with E-state index in [1.54, 1.807) is 18.2 Å². The number of carbonyl (C=O) groups excluding carboxylic acids is 2. The summed E-state index contributed by atoms with van der Waals surface area (Å²) in [6.07, 6.45) is 3.55. The summed E-state index contributed by atoms with van der Waals surface area (Å²) in [5.74, 6) is 0.0341. The third-order valence-corrected chi connectivity index (χ3v) is 3.07. The lowest BCUT2D eigenvalue weighted by molar-refractivity contribution is 0.112. The Morgan fingerprint density at radius 1 is 1.13 bits per heavy atom. The van der Waals surface area contributed by atoms with Gasteiger partial charge in [0.25, 0.3) is 0 Å². The Morgan fingerprint density at radius 2 is 1.91 bits per heavy atom. The summed E-state index contributed by atoms with van der Waals surface area (Å²) in [6.45, 7) is 0.483. The van der Waals surface area contributed by atoms with Gasteiger partial charge in [-0.1, -0.05) is 48.6 Å². The van der Waals surface area contributed by atoms with Gasteiger partial charge in [0.1, 0.15) is 12.4 Å². The number of nitrogens with one attached hydrogen (secondary N) is 1. The van der Waals surface area contributed by atoms with Crippen LogP contribution in [0.3, 0.4) is 0 Å². The first-order chi connectivity index (χ1) is 11.2. The Labute approximate surface area is 134 Å². The molecule has 0 bridgehead atoms. The highest BCUT2D eigenvalue weighted by Gasteiger charge is 2.01. The maximum Gasteiger partial charge on any atom is 0.407 e. The summed E-state index contributed by atoms with van der Waals surface area (Å²) in [4.78, 5) is 22.4. The van der Waals surface area contributed by atoms with Crippen LogP contribution in [-0.2, 0) is 11.3 Å². The van der Waals surface area contributed by atoms with Gasteiger partial charge >= 0.3 is 6.09 Å². The van der Waals surface area contributed by atoms with E-state index >= 15 is 0 Å². The van der Waals surface area contributed by atoms with E-state index in [1.807, 2.05) is 30.3 Å². The summed E-state index contributed by atoms with van der Waals surface area (Å²) in [6, 6.07) is 13.9. The molecule has 2 aromatic carbocycles. The lowest BCUT2D eigenvalue weighted by Crippen LogP contribution is -2.24. The summed E-state index contributed by atoms with van der Waals surface area (Å²) >= 11 is 0. The molecule has 0 spiro atoms. The molecule has 0 aliphatic heterocycles. The topological polar surface area (TPSA) is 75.6 Å². The second kappa shape index (κ2) is 8.38. The van der Waals surface area contributed by atoms with Gasteiger partial charge in [0.2, 0.25) is 0 Å². The molecule has 0 aromatic heterocycles. The molecular weight excluding hydrogens is 294 g/mol. The van der Waals surface area contributed by atoms with E-state index < -0.39 is 6.09 Å². The summed E-state index contributed by atoms with van der Waals surface area (Å²) in [5, 5.41) is 11.9. The van der Waals surface area contributed by atoms with E-state index in [2.05, 4.69) is 5.32 Å². The molecule has 0 atom stereocenters. The van der Waals surface area contributed by atoms with E-state index in [9.17, 15) is 14.7 Å². The number of amides is 1. The van der Waals surface area contributed by atoms with Crippen molar-refractivity contribution in [2.75, 3.05) is 6.54 Å². The number of ether oxygens (including phenoxy) is 1. The van der Waals surface area contributed by atoms with Crippen molar-refractivity contribution in [1.82, 2.24) is 5.32 Å². The molecule has 2 aromatic rings. The van der Waals surface area contributed by atoms with Gasteiger partial charge in [0.15, 0.2) is 6.29 Å². The Hall–Kier alpha value is -3.08. The van der Waals surface area contributed by atoms with Gasteiger partial charge in [-0.15, -0.1) is 0 Å². The van der Waals surface area contributed by atoms with Crippen LogP contribution >= 0.6 is 0 Å². The van der Waals surface area contributed by atoms with Crippen molar-refractivity contribution in [3.8, 4) is 5.75 Å². The average Bonchev–Trinajstić information content (AvgIpc) is 2.58. The van der Waals surface area contributed by atoms with Crippen LogP contribution in [0, 0.1) is 0 Å². The van der Waals surface area contributed by atoms with E-state index in [0.717, 1.165) is 5.56 Å². The van der Waals surface area contributed by atoms with Crippen molar-refractivity contribution in [1.29, 1.82) is 0 Å². The Balaban J connectivity index is 1.78. The van der Waals surface area contributed by atoms with Crippen molar-refractivity contribution in [3.63, 3.8) is 0 Å². The second-order valence-electron chi connectivity index (χ2n) is 4.78. The molecule has 0 radical (unpaired) electrons. The predicted octanol–water partition coefficient (Wildman–Crippen LogP) is 3.14. The quantitative estimate of drug-likeness (QED) is 0.804. The third kappa shape index (κ3) is 5.32. The molecule has 2 N–H and O–H groups in total. The van der Waals surface area contributed by atoms with Crippen molar-refractivity contribution in [2.24, 2.45) is 0 Å². The van der Waals surface area contributed by atoms with E-state index in [1.165, 1.54) is 12.1 Å². The molecule has 1 amide bonds. The number of aromatic hydroxyl groups is 1. The van der Waals surface area contributed by atoms with Gasteiger partial charge in [-0.05, 0) is 23.3 Å². The van der Waals surface area contributed by atoms with Crippen molar-refractivity contribution < 1.29 is 19.4 Å². The summed E-state index contributed by atoms with van der Waals surface area (Å²) in [7, 11) is 0. The van der Waals surface area contributed by atoms with Crippen molar-refractivity contribution in [2.45, 2.75) is 6.61 Å². The highest BCUT2D eigenvalue weighted by molar-refractivity contribution is 5.82. The standard InChI is InChI=1S/C18H17NO4/c20-12-16-11-17(21)9-8-15(16)7-4-10-19-18(22)23-13-14-5-2-1-3-6-14/h1-9,11-12,21H,10,13H2,(H,19,22). The Kier molecular flexibility index (Phi) is 5.94. The fourth-order valence-corrected chi connectivity index (χ4v) is 1.92. The molecule has 23 heavy (non-hydrogen) atoms. The monoisotopic (exact) mass is 311 g/mol. The number of hydrogen-bond acceptors (Lipinski definition) is 4. The first-order valence-electron chi connectivity index (χ1n) is 7.08. The molecular formula is C18H17NO4. The molecule has 0 saturated heterocycles. The maximum absolute atomic E-state index is 11.5. The number of rotatable bonds is 6. The van der Waals surface area contributed by atoms with Gasteiger partial charge in [0.05, 0.1) is 0 Å². The minimum atomic E-state index is -0.514. The minimum Gasteiger partial charge on any atom is -0.508 e. The zero-order chi connectivity index (χ0) is 16.5. The van der Waals surface area contributed by atoms with Gasteiger partial charge in [-0.25, -0.2) is 4.79 Å². The first kappa shape index (κ1) is 16.3. The van der Waals surface area contributed by atoms with Crippen LogP contribution in [0.4, 0.5) is 4.79 Å². The summed E-state index contributed by atoms with van der Waals surface area (Å²) < 4.78 is 5.07. The number of phenolic OH excluding ortho intramolecular Hbond substituents is 1. The van der Waals surface area contributed by atoms with Crippen LogP contribution < -0.4 is 5.32 Å². The summed E-state index contributed by atoms with van der Waals surface area (Å²) in [5.41, 5.74) is 1.96. The molecule has 0 unspecified atom stereocenters. The Bertz CT molecular complexity index is 695. The van der Waals surface area contributed by atoms with E-state index in [4.69, 9.17) is 4.74 Å². The molecule has 2 rings (SSSR count).